The molecular formula is C13H18N2O2. The second-order valence-electron chi connectivity index (χ2n) is 4.92. The summed E-state index contributed by atoms with van der Waals surface area (Å²) in [5.41, 5.74) is 7.29. The molecule has 0 amide bonds. The fourth-order valence-corrected chi connectivity index (χ4v) is 2.61. The molecule has 1 saturated carbocycles. The van der Waals surface area contributed by atoms with E-state index >= 15 is 0 Å². The monoisotopic (exact) mass is 234 g/mol. The molecule has 2 N–H and O–H groups in total. The van der Waals surface area contributed by atoms with Gasteiger partial charge in [0, 0.05) is 18.2 Å². The maximum atomic E-state index is 10.5. The molecule has 0 heterocycles. The maximum absolute atomic E-state index is 10.5. The first-order valence-electron chi connectivity index (χ1n) is 6.14. The number of nitrogens with two attached hydrogens (primary N) is 1. The molecule has 0 aromatic heterocycles. The number of nitrogens with zero attached hydrogens (tertiary/aromatic N) is 1. The molecule has 0 saturated heterocycles. The van der Waals surface area contributed by atoms with Crippen molar-refractivity contribution in [2.45, 2.75) is 38.1 Å². The second kappa shape index (κ2) is 5.27. The van der Waals surface area contributed by atoms with Crippen molar-refractivity contribution in [2.24, 2.45) is 11.7 Å². The highest BCUT2D eigenvalue weighted by molar-refractivity contribution is 5.33. The van der Waals surface area contributed by atoms with E-state index in [9.17, 15) is 10.1 Å². The standard InChI is InChI=1S/C13H18N2O2/c14-12-3-1-2-11(9-12)8-10-4-6-13(7-5-10)15(16)17/h4-7,11-12H,1-3,8-9,14H2. The Kier molecular flexibility index (Phi) is 3.74. The Balaban J connectivity index is 1.96. The fourth-order valence-electron chi connectivity index (χ4n) is 2.61. The zero-order valence-electron chi connectivity index (χ0n) is 9.84. The molecule has 0 bridgehead atoms. The highest BCUT2D eigenvalue weighted by Crippen LogP contribution is 2.26. The van der Waals surface area contributed by atoms with Gasteiger partial charge in [-0.3, -0.25) is 10.1 Å². The van der Waals surface area contributed by atoms with Gasteiger partial charge in [0.15, 0.2) is 0 Å². The van der Waals surface area contributed by atoms with Gasteiger partial charge in [-0.1, -0.05) is 25.0 Å². The van der Waals surface area contributed by atoms with E-state index in [0.717, 1.165) is 19.3 Å². The maximum Gasteiger partial charge on any atom is 0.269 e. The van der Waals surface area contributed by atoms with Gasteiger partial charge < -0.3 is 5.73 Å². The Labute approximate surface area is 101 Å². The SMILES string of the molecule is NC1CCCC(Cc2ccc([N+](=O)[O-])cc2)C1. The van der Waals surface area contributed by atoms with Crippen LogP contribution in [-0.4, -0.2) is 11.0 Å². The van der Waals surface area contributed by atoms with Crippen molar-refractivity contribution in [1.82, 2.24) is 0 Å². The lowest BCUT2D eigenvalue weighted by molar-refractivity contribution is -0.384. The predicted octanol–water partition coefficient (Wildman–Crippen LogP) is 2.65. The third-order valence-corrected chi connectivity index (χ3v) is 3.49. The van der Waals surface area contributed by atoms with Gasteiger partial charge in [0.25, 0.3) is 5.69 Å². The van der Waals surface area contributed by atoms with Gasteiger partial charge in [-0.15, -0.1) is 0 Å². The van der Waals surface area contributed by atoms with Crippen LogP contribution in [0.15, 0.2) is 24.3 Å². The van der Waals surface area contributed by atoms with E-state index in [1.54, 1.807) is 12.1 Å². The van der Waals surface area contributed by atoms with E-state index in [0.29, 0.717) is 12.0 Å². The number of hydrogen-bond donors (Lipinski definition) is 1. The van der Waals surface area contributed by atoms with Gasteiger partial charge in [0.05, 0.1) is 4.92 Å². The Morgan fingerprint density at radius 3 is 2.59 bits per heavy atom. The van der Waals surface area contributed by atoms with Gasteiger partial charge in [-0.2, -0.15) is 0 Å². The minimum absolute atomic E-state index is 0.161. The topological polar surface area (TPSA) is 69.2 Å². The zero-order valence-corrected chi connectivity index (χ0v) is 9.84. The molecule has 2 unspecified atom stereocenters. The molecule has 4 heteroatoms. The Morgan fingerprint density at radius 2 is 2.00 bits per heavy atom. The van der Waals surface area contributed by atoms with Crippen molar-refractivity contribution in [3.05, 3.63) is 39.9 Å². The molecule has 0 aliphatic heterocycles. The zero-order chi connectivity index (χ0) is 12.3. The van der Waals surface area contributed by atoms with E-state index in [1.807, 2.05) is 12.1 Å². The first kappa shape index (κ1) is 12.0. The van der Waals surface area contributed by atoms with Crippen LogP contribution >= 0.6 is 0 Å². The fraction of sp³-hybridized carbons (Fsp3) is 0.538. The summed E-state index contributed by atoms with van der Waals surface area (Å²) in [6, 6.07) is 7.22. The molecule has 2 rings (SSSR count). The molecule has 1 fully saturated rings. The summed E-state index contributed by atoms with van der Waals surface area (Å²) in [7, 11) is 0. The second-order valence-corrected chi connectivity index (χ2v) is 4.92. The third kappa shape index (κ3) is 3.27. The summed E-state index contributed by atoms with van der Waals surface area (Å²) in [4.78, 5) is 10.2. The van der Waals surface area contributed by atoms with Crippen molar-refractivity contribution in [3.8, 4) is 0 Å². The Hall–Kier alpha value is -1.42. The van der Waals surface area contributed by atoms with Crippen LogP contribution in [0.3, 0.4) is 0 Å². The minimum Gasteiger partial charge on any atom is -0.328 e. The minimum atomic E-state index is -0.361. The predicted molar refractivity (Wildman–Crippen MR) is 66.7 cm³/mol. The number of rotatable bonds is 3. The number of nitro benzene ring substituents is 1. The van der Waals surface area contributed by atoms with E-state index in [4.69, 9.17) is 5.73 Å². The summed E-state index contributed by atoms with van der Waals surface area (Å²) in [5.74, 6) is 0.639. The van der Waals surface area contributed by atoms with Gasteiger partial charge in [0.1, 0.15) is 0 Å². The molecular weight excluding hydrogens is 216 g/mol. The van der Waals surface area contributed by atoms with Gasteiger partial charge >= 0.3 is 0 Å². The molecule has 4 nitrogen and oxygen atoms in total. The average Bonchev–Trinajstić information content (AvgIpc) is 2.29. The summed E-state index contributed by atoms with van der Waals surface area (Å²) < 4.78 is 0. The quantitative estimate of drug-likeness (QED) is 0.645. The van der Waals surface area contributed by atoms with Crippen molar-refractivity contribution < 1.29 is 4.92 Å². The number of hydrogen-bond acceptors (Lipinski definition) is 3. The van der Waals surface area contributed by atoms with Crippen LogP contribution in [0.4, 0.5) is 5.69 Å². The number of benzene rings is 1. The Morgan fingerprint density at radius 1 is 1.29 bits per heavy atom. The van der Waals surface area contributed by atoms with Crippen LogP contribution in [0.25, 0.3) is 0 Å². The normalized spacial score (nSPS) is 24.5. The summed E-state index contributed by atoms with van der Waals surface area (Å²) in [6.07, 6.45) is 5.64. The lowest BCUT2D eigenvalue weighted by atomic mass is 9.82. The molecule has 1 aromatic carbocycles. The van der Waals surface area contributed by atoms with E-state index in [-0.39, 0.29) is 10.6 Å². The van der Waals surface area contributed by atoms with E-state index in [1.165, 1.54) is 18.4 Å². The molecule has 2 atom stereocenters. The highest BCUT2D eigenvalue weighted by atomic mass is 16.6. The summed E-state index contributed by atoms with van der Waals surface area (Å²) in [6.45, 7) is 0. The van der Waals surface area contributed by atoms with Crippen molar-refractivity contribution in [3.63, 3.8) is 0 Å². The lowest BCUT2D eigenvalue weighted by Gasteiger charge is -2.26. The van der Waals surface area contributed by atoms with Crippen molar-refractivity contribution in [2.75, 3.05) is 0 Å². The first-order valence-corrected chi connectivity index (χ1v) is 6.14. The first-order chi connectivity index (χ1) is 8.15. The smallest absolute Gasteiger partial charge is 0.269 e. The number of nitro groups is 1. The highest BCUT2D eigenvalue weighted by Gasteiger charge is 2.19. The van der Waals surface area contributed by atoms with Crippen LogP contribution in [0.1, 0.15) is 31.2 Å². The average molecular weight is 234 g/mol. The summed E-state index contributed by atoms with van der Waals surface area (Å²) >= 11 is 0. The van der Waals surface area contributed by atoms with Gasteiger partial charge in [-0.25, -0.2) is 0 Å². The molecule has 92 valence electrons. The van der Waals surface area contributed by atoms with Crippen LogP contribution in [-0.2, 0) is 6.42 Å². The molecule has 0 spiro atoms. The van der Waals surface area contributed by atoms with Crippen LogP contribution in [0.5, 0.6) is 0 Å². The van der Waals surface area contributed by atoms with Crippen molar-refractivity contribution in [1.29, 1.82) is 0 Å². The van der Waals surface area contributed by atoms with Crippen LogP contribution in [0, 0.1) is 16.0 Å². The largest absolute Gasteiger partial charge is 0.328 e. The molecule has 1 aromatic rings. The summed E-state index contributed by atoms with van der Waals surface area (Å²) in [5, 5.41) is 10.5. The Bertz CT molecular complexity index is 389. The molecule has 1 aliphatic carbocycles. The van der Waals surface area contributed by atoms with Gasteiger partial charge in [0.2, 0.25) is 0 Å². The molecule has 0 radical (unpaired) electrons. The third-order valence-electron chi connectivity index (χ3n) is 3.49. The molecule has 1 aliphatic rings. The van der Waals surface area contributed by atoms with Crippen LogP contribution in [0.2, 0.25) is 0 Å². The van der Waals surface area contributed by atoms with E-state index in [2.05, 4.69) is 0 Å². The van der Waals surface area contributed by atoms with Gasteiger partial charge in [-0.05, 0) is 30.7 Å². The van der Waals surface area contributed by atoms with Crippen LogP contribution < -0.4 is 5.73 Å². The number of non-ortho nitro benzene ring substituents is 1. The van der Waals surface area contributed by atoms with Crippen molar-refractivity contribution >= 4 is 5.69 Å². The van der Waals surface area contributed by atoms with E-state index < -0.39 is 0 Å². The lowest BCUT2D eigenvalue weighted by Crippen LogP contribution is -2.28. The molecule has 17 heavy (non-hydrogen) atoms.